The van der Waals surface area contributed by atoms with Gasteiger partial charge in [-0.05, 0) is 62.2 Å². The van der Waals surface area contributed by atoms with Crippen molar-refractivity contribution in [3.63, 3.8) is 0 Å². The summed E-state index contributed by atoms with van der Waals surface area (Å²) < 4.78 is 51.3. The number of piperazine rings is 1. The van der Waals surface area contributed by atoms with Crippen LogP contribution >= 0.6 is 0 Å². The molecule has 2 aromatic rings. The van der Waals surface area contributed by atoms with Crippen LogP contribution in [0.15, 0.2) is 55.0 Å². The first-order valence-corrected chi connectivity index (χ1v) is 12.3. The predicted octanol–water partition coefficient (Wildman–Crippen LogP) is 5.35. The fourth-order valence-corrected chi connectivity index (χ4v) is 5.40. The number of rotatable bonds is 4. The Balaban J connectivity index is 1.20. The Kier molecular flexibility index (Phi) is 6.61. The van der Waals surface area contributed by atoms with Crippen LogP contribution in [0.5, 0.6) is 0 Å². The van der Waals surface area contributed by atoms with E-state index in [4.69, 9.17) is 14.7 Å². The lowest BCUT2D eigenvalue weighted by Gasteiger charge is -2.42. The molecule has 3 heterocycles. The first-order valence-electron chi connectivity index (χ1n) is 12.3. The van der Waals surface area contributed by atoms with Gasteiger partial charge in [0.1, 0.15) is 12.5 Å². The normalized spacial score (nSPS) is 21.3. The van der Waals surface area contributed by atoms with Gasteiger partial charge in [-0.2, -0.15) is 18.4 Å². The van der Waals surface area contributed by atoms with Crippen molar-refractivity contribution in [2.24, 2.45) is 5.92 Å². The molecule has 0 aromatic heterocycles. The molecule has 0 spiro atoms. The smallest absolute Gasteiger partial charge is 0.417 e. The number of benzene rings is 2. The number of alkyl halides is 3. The van der Waals surface area contributed by atoms with E-state index in [1.165, 1.54) is 11.8 Å². The summed E-state index contributed by atoms with van der Waals surface area (Å²) in [6, 6.07) is 14.2. The van der Waals surface area contributed by atoms with E-state index in [1.54, 1.807) is 24.7 Å². The standard InChI is InChI=1S/C27H29F3N4O2/c1-19-18-33(12-13-34(19)24-3-2-21(17-31)25(16-24)27(28,29)30)23-6-4-22(5-7-23)32-10-8-20(9-11-32)26-35-14-15-36-26/h2-7,14-16,19-20,26H,8-13,18H2,1H3/t19-/m1/s1. The van der Waals surface area contributed by atoms with E-state index in [-0.39, 0.29) is 17.9 Å². The molecule has 36 heavy (non-hydrogen) atoms. The van der Waals surface area contributed by atoms with Crippen molar-refractivity contribution in [2.45, 2.75) is 38.3 Å². The maximum Gasteiger partial charge on any atom is 0.417 e. The Bertz CT molecular complexity index is 1130. The average Bonchev–Trinajstić information content (AvgIpc) is 3.43. The molecule has 3 aliphatic rings. The highest BCUT2D eigenvalue weighted by atomic mass is 19.4. The summed E-state index contributed by atoms with van der Waals surface area (Å²) in [6.07, 6.45) is 0.539. The molecule has 0 aliphatic carbocycles. The number of piperidine rings is 1. The van der Waals surface area contributed by atoms with Gasteiger partial charge >= 0.3 is 6.18 Å². The lowest BCUT2D eigenvalue weighted by atomic mass is 9.95. The first-order chi connectivity index (χ1) is 17.3. The Morgan fingerprint density at radius 2 is 1.47 bits per heavy atom. The van der Waals surface area contributed by atoms with Crippen molar-refractivity contribution in [2.75, 3.05) is 47.4 Å². The van der Waals surface area contributed by atoms with Gasteiger partial charge in [0.2, 0.25) is 6.29 Å². The van der Waals surface area contributed by atoms with Crippen LogP contribution < -0.4 is 14.7 Å². The molecule has 3 aliphatic heterocycles. The van der Waals surface area contributed by atoms with Crippen LogP contribution in [-0.4, -0.2) is 45.1 Å². The number of hydrogen-bond donors (Lipinski definition) is 0. The highest BCUT2D eigenvalue weighted by Gasteiger charge is 2.35. The van der Waals surface area contributed by atoms with Crippen LogP contribution in [0.1, 0.15) is 30.9 Å². The molecule has 2 aromatic carbocycles. The van der Waals surface area contributed by atoms with Crippen molar-refractivity contribution in [3.05, 3.63) is 66.1 Å². The summed E-state index contributed by atoms with van der Waals surface area (Å²) in [7, 11) is 0. The van der Waals surface area contributed by atoms with Gasteiger partial charge in [0.15, 0.2) is 0 Å². The van der Waals surface area contributed by atoms with Crippen LogP contribution in [-0.2, 0) is 15.7 Å². The zero-order chi connectivity index (χ0) is 25.3. The van der Waals surface area contributed by atoms with E-state index in [0.29, 0.717) is 31.2 Å². The molecule has 2 fully saturated rings. The Hall–Kier alpha value is -3.54. The topological polar surface area (TPSA) is 52.0 Å². The third kappa shape index (κ3) is 4.90. The molecule has 2 saturated heterocycles. The van der Waals surface area contributed by atoms with Crippen molar-refractivity contribution in [1.82, 2.24) is 0 Å². The largest absolute Gasteiger partial charge is 0.459 e. The highest BCUT2D eigenvalue weighted by molar-refractivity contribution is 5.60. The molecule has 0 bridgehead atoms. The Morgan fingerprint density at radius 1 is 0.861 bits per heavy atom. The summed E-state index contributed by atoms with van der Waals surface area (Å²) in [5.74, 6) is 0.400. The van der Waals surface area contributed by atoms with Gasteiger partial charge in [-0.3, -0.25) is 0 Å². The second-order valence-electron chi connectivity index (χ2n) is 9.58. The monoisotopic (exact) mass is 498 g/mol. The van der Waals surface area contributed by atoms with Crippen LogP contribution in [0, 0.1) is 17.2 Å². The van der Waals surface area contributed by atoms with E-state index in [2.05, 4.69) is 34.1 Å². The van der Waals surface area contributed by atoms with E-state index < -0.39 is 11.7 Å². The molecule has 0 saturated carbocycles. The number of hydrogen-bond acceptors (Lipinski definition) is 6. The van der Waals surface area contributed by atoms with E-state index in [9.17, 15) is 13.2 Å². The fraction of sp³-hybridized carbons (Fsp3) is 0.444. The molecule has 0 amide bonds. The molecular weight excluding hydrogens is 469 g/mol. The van der Waals surface area contributed by atoms with Gasteiger partial charge in [-0.1, -0.05) is 0 Å². The number of nitriles is 1. The SMILES string of the molecule is C[C@@H]1CN(c2ccc(N3CCC(C4OC=CO4)CC3)cc2)CCN1c1ccc(C#N)c(C(F)(F)F)c1. The summed E-state index contributed by atoms with van der Waals surface area (Å²) in [5.41, 5.74) is 1.56. The van der Waals surface area contributed by atoms with Crippen molar-refractivity contribution in [1.29, 1.82) is 5.26 Å². The first kappa shape index (κ1) is 24.2. The van der Waals surface area contributed by atoms with Gasteiger partial charge in [-0.25, -0.2) is 0 Å². The minimum absolute atomic E-state index is 0.0148. The van der Waals surface area contributed by atoms with Gasteiger partial charge in [0, 0.05) is 61.7 Å². The lowest BCUT2D eigenvalue weighted by Crippen LogP contribution is -2.52. The fourth-order valence-electron chi connectivity index (χ4n) is 5.40. The maximum absolute atomic E-state index is 13.4. The predicted molar refractivity (Wildman–Crippen MR) is 132 cm³/mol. The number of ether oxygens (including phenoxy) is 2. The van der Waals surface area contributed by atoms with Gasteiger partial charge in [0.25, 0.3) is 0 Å². The molecule has 0 N–H and O–H groups in total. The second kappa shape index (κ2) is 9.84. The number of nitrogens with zero attached hydrogens (tertiary/aromatic N) is 4. The Labute approximate surface area is 209 Å². The second-order valence-corrected chi connectivity index (χ2v) is 9.58. The molecule has 0 unspecified atom stereocenters. The quantitative estimate of drug-likeness (QED) is 0.566. The van der Waals surface area contributed by atoms with E-state index >= 15 is 0 Å². The summed E-state index contributed by atoms with van der Waals surface area (Å²) in [5, 5.41) is 9.07. The van der Waals surface area contributed by atoms with Crippen molar-refractivity contribution < 1.29 is 22.6 Å². The average molecular weight is 499 g/mol. The molecule has 5 rings (SSSR count). The summed E-state index contributed by atoms with van der Waals surface area (Å²) in [4.78, 5) is 6.64. The van der Waals surface area contributed by atoms with Crippen LogP contribution in [0.4, 0.5) is 30.2 Å². The van der Waals surface area contributed by atoms with Crippen molar-refractivity contribution in [3.8, 4) is 6.07 Å². The van der Waals surface area contributed by atoms with Gasteiger partial charge < -0.3 is 24.2 Å². The summed E-state index contributed by atoms with van der Waals surface area (Å²) >= 11 is 0. The van der Waals surface area contributed by atoms with Crippen LogP contribution in [0.25, 0.3) is 0 Å². The minimum atomic E-state index is -4.56. The molecule has 9 heteroatoms. The van der Waals surface area contributed by atoms with E-state index in [0.717, 1.165) is 37.7 Å². The van der Waals surface area contributed by atoms with Crippen LogP contribution in [0.2, 0.25) is 0 Å². The number of anilines is 3. The Morgan fingerprint density at radius 3 is 2.06 bits per heavy atom. The zero-order valence-electron chi connectivity index (χ0n) is 20.1. The van der Waals surface area contributed by atoms with Gasteiger partial charge in [-0.15, -0.1) is 0 Å². The molecule has 6 nitrogen and oxygen atoms in total. The van der Waals surface area contributed by atoms with E-state index in [1.807, 2.05) is 11.8 Å². The van der Waals surface area contributed by atoms with Crippen LogP contribution in [0.3, 0.4) is 0 Å². The summed E-state index contributed by atoms with van der Waals surface area (Å²) in [6.45, 7) is 5.91. The molecule has 0 radical (unpaired) electrons. The maximum atomic E-state index is 13.4. The zero-order valence-corrected chi connectivity index (χ0v) is 20.1. The molecule has 190 valence electrons. The third-order valence-corrected chi connectivity index (χ3v) is 7.37. The molecule has 1 atom stereocenters. The number of halogens is 3. The highest BCUT2D eigenvalue weighted by Crippen LogP contribution is 2.36. The van der Waals surface area contributed by atoms with Crippen molar-refractivity contribution >= 4 is 17.1 Å². The minimum Gasteiger partial charge on any atom is -0.459 e. The molecular formula is C27H29F3N4O2. The van der Waals surface area contributed by atoms with Gasteiger partial charge in [0.05, 0.1) is 17.2 Å². The third-order valence-electron chi connectivity index (χ3n) is 7.37. The lowest BCUT2D eigenvalue weighted by molar-refractivity contribution is -0.137.